The Morgan fingerprint density at radius 1 is 1.59 bits per heavy atom. The van der Waals surface area contributed by atoms with Crippen LogP contribution in [-0.2, 0) is 14.3 Å². The van der Waals surface area contributed by atoms with Crippen molar-refractivity contribution in [1.82, 2.24) is 5.32 Å². The van der Waals surface area contributed by atoms with Gasteiger partial charge in [-0.15, -0.1) is 0 Å². The van der Waals surface area contributed by atoms with Crippen LogP contribution >= 0.6 is 0 Å². The van der Waals surface area contributed by atoms with Crippen LogP contribution < -0.4 is 11.1 Å². The van der Waals surface area contributed by atoms with Gasteiger partial charge in [0.25, 0.3) is 0 Å². The van der Waals surface area contributed by atoms with E-state index in [2.05, 4.69) is 5.32 Å². The Balaban J connectivity index is 1.73. The van der Waals surface area contributed by atoms with Gasteiger partial charge in [-0.05, 0) is 26.2 Å². The number of nitrogens with two attached hydrogens (primary N) is 1. The number of hydrogen-bond donors (Lipinski definition) is 2. The van der Waals surface area contributed by atoms with E-state index in [-0.39, 0.29) is 11.9 Å². The molecular formula is C12H22N2O3. The fourth-order valence-electron chi connectivity index (χ4n) is 2.34. The molecule has 3 N–H and O–H groups in total. The highest BCUT2D eigenvalue weighted by molar-refractivity contribution is 5.83. The van der Waals surface area contributed by atoms with E-state index >= 15 is 0 Å². The Hall–Kier alpha value is -0.650. The van der Waals surface area contributed by atoms with E-state index in [0.717, 1.165) is 25.9 Å². The van der Waals surface area contributed by atoms with E-state index in [1.165, 1.54) is 0 Å². The van der Waals surface area contributed by atoms with Gasteiger partial charge in [-0.3, -0.25) is 4.79 Å². The van der Waals surface area contributed by atoms with Gasteiger partial charge < -0.3 is 20.5 Å². The number of hydrogen-bond acceptors (Lipinski definition) is 4. The van der Waals surface area contributed by atoms with Gasteiger partial charge in [0.05, 0.1) is 24.7 Å². The van der Waals surface area contributed by atoms with E-state index in [4.69, 9.17) is 15.2 Å². The largest absolute Gasteiger partial charge is 0.379 e. The molecule has 0 aliphatic carbocycles. The zero-order chi connectivity index (χ0) is 12.3. The molecule has 17 heavy (non-hydrogen) atoms. The summed E-state index contributed by atoms with van der Waals surface area (Å²) in [5.74, 6) is 0.000460. The van der Waals surface area contributed by atoms with Crippen molar-refractivity contribution in [2.75, 3.05) is 26.4 Å². The molecule has 2 saturated heterocycles. The quantitative estimate of drug-likeness (QED) is 0.730. The van der Waals surface area contributed by atoms with Crippen molar-refractivity contribution in [2.24, 2.45) is 11.1 Å². The van der Waals surface area contributed by atoms with Crippen molar-refractivity contribution in [3.05, 3.63) is 0 Å². The predicted octanol–water partition coefficient (Wildman–Crippen LogP) is 0.0355. The Bertz CT molecular complexity index is 279. The molecular weight excluding hydrogens is 220 g/mol. The molecule has 3 atom stereocenters. The summed E-state index contributed by atoms with van der Waals surface area (Å²) in [6, 6.07) is -0.203. The van der Waals surface area contributed by atoms with Crippen LogP contribution in [0.5, 0.6) is 0 Å². The molecule has 2 fully saturated rings. The van der Waals surface area contributed by atoms with Crippen LogP contribution in [0.3, 0.4) is 0 Å². The molecule has 98 valence electrons. The van der Waals surface area contributed by atoms with E-state index in [1.807, 2.05) is 6.92 Å². The molecule has 2 heterocycles. The maximum absolute atomic E-state index is 12.0. The lowest BCUT2D eigenvalue weighted by atomic mass is 9.85. The first-order chi connectivity index (χ1) is 8.13. The molecule has 0 aromatic carbocycles. The minimum Gasteiger partial charge on any atom is -0.379 e. The zero-order valence-electron chi connectivity index (χ0n) is 10.4. The third-order valence-corrected chi connectivity index (χ3v) is 3.81. The van der Waals surface area contributed by atoms with Crippen LogP contribution in [-0.4, -0.2) is 44.4 Å². The van der Waals surface area contributed by atoms with Gasteiger partial charge in [-0.2, -0.15) is 0 Å². The van der Waals surface area contributed by atoms with Gasteiger partial charge in [0.1, 0.15) is 0 Å². The first-order valence-corrected chi connectivity index (χ1v) is 6.36. The zero-order valence-corrected chi connectivity index (χ0v) is 10.4. The summed E-state index contributed by atoms with van der Waals surface area (Å²) in [4.78, 5) is 12.0. The summed E-state index contributed by atoms with van der Waals surface area (Å²) >= 11 is 0. The topological polar surface area (TPSA) is 73.6 Å². The molecule has 5 nitrogen and oxygen atoms in total. The highest BCUT2D eigenvalue weighted by Gasteiger charge is 2.44. The molecule has 2 aliphatic rings. The van der Waals surface area contributed by atoms with Crippen LogP contribution in [0.15, 0.2) is 0 Å². The molecule has 2 rings (SSSR count). The minimum atomic E-state index is -0.573. The van der Waals surface area contributed by atoms with E-state index in [0.29, 0.717) is 25.9 Å². The summed E-state index contributed by atoms with van der Waals surface area (Å²) in [6.07, 6.45) is 3.44. The molecule has 0 spiro atoms. The lowest BCUT2D eigenvalue weighted by molar-refractivity contribution is -0.130. The average Bonchev–Trinajstić information content (AvgIpc) is 2.91. The Morgan fingerprint density at radius 3 is 3.00 bits per heavy atom. The minimum absolute atomic E-state index is 0.000460. The van der Waals surface area contributed by atoms with Gasteiger partial charge in [-0.25, -0.2) is 0 Å². The van der Waals surface area contributed by atoms with Gasteiger partial charge >= 0.3 is 0 Å². The molecule has 2 aliphatic heterocycles. The molecule has 1 amide bonds. The number of carbonyl (C=O) groups is 1. The van der Waals surface area contributed by atoms with Crippen molar-refractivity contribution >= 4 is 5.91 Å². The average molecular weight is 242 g/mol. The SMILES string of the molecule is CC1(C(=O)NCCC2CCCO2)COCC1N. The summed E-state index contributed by atoms with van der Waals surface area (Å²) in [6.45, 7) is 4.27. The van der Waals surface area contributed by atoms with Gasteiger partial charge in [0.2, 0.25) is 5.91 Å². The van der Waals surface area contributed by atoms with Gasteiger partial charge in [0.15, 0.2) is 0 Å². The van der Waals surface area contributed by atoms with E-state index in [1.54, 1.807) is 0 Å². The maximum Gasteiger partial charge on any atom is 0.229 e. The van der Waals surface area contributed by atoms with Crippen molar-refractivity contribution in [2.45, 2.75) is 38.3 Å². The fraction of sp³-hybridized carbons (Fsp3) is 0.917. The molecule has 0 radical (unpaired) electrons. The summed E-state index contributed by atoms with van der Waals surface area (Å²) in [7, 11) is 0. The van der Waals surface area contributed by atoms with Crippen LogP contribution in [0.4, 0.5) is 0 Å². The molecule has 5 heteroatoms. The Labute approximate surface area is 102 Å². The van der Waals surface area contributed by atoms with E-state index in [9.17, 15) is 4.79 Å². The van der Waals surface area contributed by atoms with Crippen molar-refractivity contribution in [3.63, 3.8) is 0 Å². The lowest BCUT2D eigenvalue weighted by Gasteiger charge is -2.25. The highest BCUT2D eigenvalue weighted by atomic mass is 16.5. The third kappa shape index (κ3) is 2.78. The van der Waals surface area contributed by atoms with E-state index < -0.39 is 5.41 Å². The number of rotatable bonds is 4. The van der Waals surface area contributed by atoms with Crippen molar-refractivity contribution in [3.8, 4) is 0 Å². The second-order valence-corrected chi connectivity index (χ2v) is 5.22. The predicted molar refractivity (Wildman–Crippen MR) is 63.5 cm³/mol. The molecule has 0 bridgehead atoms. The van der Waals surface area contributed by atoms with Crippen LogP contribution in [0, 0.1) is 5.41 Å². The second kappa shape index (κ2) is 5.33. The number of carbonyl (C=O) groups excluding carboxylic acids is 1. The smallest absolute Gasteiger partial charge is 0.229 e. The summed E-state index contributed by atoms with van der Waals surface area (Å²) in [5, 5.41) is 2.94. The molecule has 0 aromatic rings. The molecule has 3 unspecified atom stereocenters. The number of ether oxygens (including phenoxy) is 2. The van der Waals surface area contributed by atoms with Gasteiger partial charge in [0, 0.05) is 19.2 Å². The van der Waals surface area contributed by atoms with Crippen LogP contribution in [0.25, 0.3) is 0 Å². The lowest BCUT2D eigenvalue weighted by Crippen LogP contribution is -2.50. The molecule has 0 saturated carbocycles. The third-order valence-electron chi connectivity index (χ3n) is 3.81. The number of amides is 1. The van der Waals surface area contributed by atoms with Crippen molar-refractivity contribution in [1.29, 1.82) is 0 Å². The van der Waals surface area contributed by atoms with Crippen LogP contribution in [0.2, 0.25) is 0 Å². The number of nitrogens with one attached hydrogen (secondary N) is 1. The monoisotopic (exact) mass is 242 g/mol. The van der Waals surface area contributed by atoms with Crippen LogP contribution in [0.1, 0.15) is 26.2 Å². The fourth-order valence-corrected chi connectivity index (χ4v) is 2.34. The normalized spacial score (nSPS) is 37.3. The Kier molecular flexibility index (Phi) is 4.01. The highest BCUT2D eigenvalue weighted by Crippen LogP contribution is 2.27. The first-order valence-electron chi connectivity index (χ1n) is 6.36. The standard InChI is InChI=1S/C12H22N2O3/c1-12(8-16-7-10(12)13)11(15)14-5-4-9-3-2-6-17-9/h9-10H,2-8,13H2,1H3,(H,14,15). The first kappa shape index (κ1) is 12.8. The summed E-state index contributed by atoms with van der Waals surface area (Å²) in [5.41, 5.74) is 5.32. The Morgan fingerprint density at radius 2 is 2.41 bits per heavy atom. The molecule has 0 aromatic heterocycles. The maximum atomic E-state index is 12.0. The van der Waals surface area contributed by atoms with Gasteiger partial charge in [-0.1, -0.05) is 0 Å². The van der Waals surface area contributed by atoms with Crippen molar-refractivity contribution < 1.29 is 14.3 Å². The summed E-state index contributed by atoms with van der Waals surface area (Å²) < 4.78 is 10.8. The second-order valence-electron chi connectivity index (χ2n) is 5.22.